The molecule has 0 amide bonds. The molecule has 0 unspecified atom stereocenters. The van der Waals surface area contributed by atoms with Gasteiger partial charge >= 0.3 is 0 Å². The fourth-order valence-corrected chi connectivity index (χ4v) is 2.06. The van der Waals surface area contributed by atoms with Crippen LogP contribution in [0.15, 0.2) is 0 Å². The van der Waals surface area contributed by atoms with Crippen molar-refractivity contribution < 1.29 is 9.47 Å². The molecule has 1 aliphatic heterocycles. The minimum absolute atomic E-state index is 0.699. The average Bonchev–Trinajstić information content (AvgIpc) is 2.37. The van der Waals surface area contributed by atoms with Gasteiger partial charge in [0.05, 0.1) is 19.8 Å². The smallest absolute Gasteiger partial charge is 0.0700 e. The number of rotatable bonds is 9. The van der Waals surface area contributed by atoms with Gasteiger partial charge in [-0.3, -0.25) is 4.90 Å². The number of hydrogen-bond donors (Lipinski definition) is 0. The van der Waals surface area contributed by atoms with Gasteiger partial charge in [-0.15, -0.1) is 0 Å². The van der Waals surface area contributed by atoms with Crippen LogP contribution < -0.4 is 0 Å². The van der Waals surface area contributed by atoms with E-state index >= 15 is 0 Å². The quantitative estimate of drug-likeness (QED) is 0.566. The van der Waals surface area contributed by atoms with Crippen LogP contribution >= 0.6 is 0 Å². The van der Waals surface area contributed by atoms with Crippen molar-refractivity contribution in [3.63, 3.8) is 0 Å². The maximum absolute atomic E-state index is 5.49. The highest BCUT2D eigenvalue weighted by atomic mass is 16.5. The highest BCUT2D eigenvalue weighted by molar-refractivity contribution is 4.71. The third-order valence-electron chi connectivity index (χ3n) is 3.28. The summed E-state index contributed by atoms with van der Waals surface area (Å²) in [5.41, 5.74) is 0. The molecule has 1 aliphatic rings. The molecule has 0 aliphatic carbocycles. The molecule has 4 heteroatoms. The molecule has 0 spiro atoms. The van der Waals surface area contributed by atoms with Gasteiger partial charge in [-0.25, -0.2) is 0 Å². The Balaban J connectivity index is 1.95. The van der Waals surface area contributed by atoms with E-state index in [1.165, 1.54) is 45.6 Å². The number of piperazine rings is 1. The van der Waals surface area contributed by atoms with Crippen molar-refractivity contribution in [1.82, 2.24) is 9.80 Å². The summed E-state index contributed by atoms with van der Waals surface area (Å²) in [5, 5.41) is 0. The Morgan fingerprint density at radius 1 is 0.882 bits per heavy atom. The van der Waals surface area contributed by atoms with Gasteiger partial charge in [-0.2, -0.15) is 0 Å². The van der Waals surface area contributed by atoms with Gasteiger partial charge in [-0.05, 0) is 13.0 Å². The maximum Gasteiger partial charge on any atom is 0.0700 e. The summed E-state index contributed by atoms with van der Waals surface area (Å²) < 4.78 is 10.4. The van der Waals surface area contributed by atoms with E-state index in [0.717, 1.165) is 13.2 Å². The third-order valence-corrected chi connectivity index (χ3v) is 3.28. The summed E-state index contributed by atoms with van der Waals surface area (Å²) in [4.78, 5) is 5.07. The molecule has 1 rings (SSSR count). The molecule has 0 saturated carbocycles. The molecule has 0 bridgehead atoms. The van der Waals surface area contributed by atoms with Crippen LogP contribution in [0.1, 0.15) is 19.8 Å². The van der Waals surface area contributed by atoms with Crippen LogP contribution in [-0.4, -0.2) is 76.0 Å². The third kappa shape index (κ3) is 6.99. The molecule has 4 nitrogen and oxygen atoms in total. The van der Waals surface area contributed by atoms with Crippen molar-refractivity contribution in [3.8, 4) is 0 Å². The molecule has 1 saturated heterocycles. The Hall–Kier alpha value is -0.160. The number of hydrogen-bond acceptors (Lipinski definition) is 4. The molecule has 0 aromatic rings. The van der Waals surface area contributed by atoms with E-state index in [2.05, 4.69) is 16.7 Å². The maximum atomic E-state index is 5.49. The Morgan fingerprint density at radius 2 is 1.53 bits per heavy atom. The van der Waals surface area contributed by atoms with Gasteiger partial charge in [0.2, 0.25) is 0 Å². The first-order valence-corrected chi connectivity index (χ1v) is 6.88. The molecule has 1 fully saturated rings. The zero-order valence-corrected chi connectivity index (χ0v) is 11.5. The Kier molecular flexibility index (Phi) is 8.61. The topological polar surface area (TPSA) is 24.9 Å². The lowest BCUT2D eigenvalue weighted by Crippen LogP contribution is -2.47. The minimum Gasteiger partial charge on any atom is -0.382 e. The fraction of sp³-hybridized carbons (Fsp3) is 1.00. The van der Waals surface area contributed by atoms with Crippen molar-refractivity contribution in [1.29, 1.82) is 0 Å². The molecule has 102 valence electrons. The summed E-state index contributed by atoms with van der Waals surface area (Å²) in [6, 6.07) is 0. The van der Waals surface area contributed by atoms with Crippen LogP contribution in [0, 0.1) is 0 Å². The lowest BCUT2D eigenvalue weighted by Gasteiger charge is -2.34. The summed E-state index contributed by atoms with van der Waals surface area (Å²) in [6.07, 6.45) is 2.63. The van der Waals surface area contributed by atoms with Crippen molar-refractivity contribution in [2.45, 2.75) is 19.8 Å². The van der Waals surface area contributed by atoms with E-state index in [1.807, 2.05) is 0 Å². The summed E-state index contributed by atoms with van der Waals surface area (Å²) in [6.45, 7) is 11.7. The predicted octanol–water partition coefficient (Wildman–Crippen LogP) is 1.07. The Labute approximate surface area is 106 Å². The monoisotopic (exact) mass is 244 g/mol. The van der Waals surface area contributed by atoms with Crippen LogP contribution in [0.5, 0.6) is 0 Å². The first-order chi connectivity index (χ1) is 8.36. The van der Waals surface area contributed by atoms with Crippen molar-refractivity contribution in [2.24, 2.45) is 0 Å². The molecule has 0 radical (unpaired) electrons. The van der Waals surface area contributed by atoms with Gasteiger partial charge < -0.3 is 14.4 Å². The van der Waals surface area contributed by atoms with Crippen LogP contribution in [0.4, 0.5) is 0 Å². The van der Waals surface area contributed by atoms with Gasteiger partial charge in [0.25, 0.3) is 0 Å². The molecular weight excluding hydrogens is 216 g/mol. The fourth-order valence-electron chi connectivity index (χ4n) is 2.06. The second-order valence-corrected chi connectivity index (χ2v) is 4.64. The minimum atomic E-state index is 0.699. The molecule has 1 heterocycles. The van der Waals surface area contributed by atoms with Crippen molar-refractivity contribution >= 4 is 0 Å². The molecular formula is C13H28N2O2. The molecule has 0 aromatic carbocycles. The Morgan fingerprint density at radius 3 is 2.12 bits per heavy atom. The summed E-state index contributed by atoms with van der Waals surface area (Å²) in [5.74, 6) is 0. The van der Waals surface area contributed by atoms with Gasteiger partial charge in [0.15, 0.2) is 0 Å². The molecule has 0 N–H and O–H groups in total. The largest absolute Gasteiger partial charge is 0.382 e. The first-order valence-electron chi connectivity index (χ1n) is 6.88. The number of nitrogens with zero attached hydrogens (tertiary/aromatic N) is 2. The summed E-state index contributed by atoms with van der Waals surface area (Å²) >= 11 is 0. The van der Waals surface area contributed by atoms with E-state index in [9.17, 15) is 0 Å². The van der Waals surface area contributed by atoms with Gasteiger partial charge in [0.1, 0.15) is 0 Å². The van der Waals surface area contributed by atoms with E-state index in [-0.39, 0.29) is 0 Å². The zero-order valence-electron chi connectivity index (χ0n) is 11.5. The highest BCUT2D eigenvalue weighted by Gasteiger charge is 2.15. The number of ether oxygens (including phenoxy) is 2. The predicted molar refractivity (Wildman–Crippen MR) is 70.5 cm³/mol. The molecule has 17 heavy (non-hydrogen) atoms. The van der Waals surface area contributed by atoms with E-state index < -0.39 is 0 Å². The van der Waals surface area contributed by atoms with Crippen LogP contribution in [0.25, 0.3) is 0 Å². The average molecular weight is 244 g/mol. The van der Waals surface area contributed by atoms with Crippen molar-refractivity contribution in [2.75, 3.05) is 66.2 Å². The SMILES string of the molecule is CCCCN1CCN(CCOCCOC)CC1. The van der Waals surface area contributed by atoms with E-state index in [1.54, 1.807) is 7.11 Å². The number of unbranched alkanes of at least 4 members (excludes halogenated alkanes) is 1. The standard InChI is InChI=1S/C13H28N2O2/c1-3-4-5-14-6-8-15(9-7-14)10-11-17-13-12-16-2/h3-13H2,1-2H3. The van der Waals surface area contributed by atoms with Crippen LogP contribution in [-0.2, 0) is 9.47 Å². The first kappa shape index (κ1) is 14.9. The van der Waals surface area contributed by atoms with Crippen LogP contribution in [0.3, 0.4) is 0 Å². The lowest BCUT2D eigenvalue weighted by molar-refractivity contribution is 0.0460. The molecule has 0 aromatic heterocycles. The highest BCUT2D eigenvalue weighted by Crippen LogP contribution is 2.03. The van der Waals surface area contributed by atoms with Crippen LogP contribution in [0.2, 0.25) is 0 Å². The molecule has 0 atom stereocenters. The second kappa shape index (κ2) is 9.83. The lowest BCUT2D eigenvalue weighted by atomic mass is 10.2. The van der Waals surface area contributed by atoms with E-state index in [4.69, 9.17) is 9.47 Å². The Bertz CT molecular complexity index is 168. The van der Waals surface area contributed by atoms with Gasteiger partial charge in [-0.1, -0.05) is 13.3 Å². The normalized spacial score (nSPS) is 18.7. The van der Waals surface area contributed by atoms with E-state index in [0.29, 0.717) is 13.2 Å². The zero-order chi connectivity index (χ0) is 12.3. The second-order valence-electron chi connectivity index (χ2n) is 4.64. The number of methoxy groups -OCH3 is 1. The summed E-state index contributed by atoms with van der Waals surface area (Å²) in [7, 11) is 1.71. The van der Waals surface area contributed by atoms with Crippen molar-refractivity contribution in [3.05, 3.63) is 0 Å². The van der Waals surface area contributed by atoms with Gasteiger partial charge in [0, 0.05) is 39.8 Å².